The molecule has 1 atom stereocenters. The molecule has 1 fully saturated rings. The first-order chi connectivity index (χ1) is 18.2. The second-order valence-corrected chi connectivity index (χ2v) is 11.0. The lowest BCUT2D eigenvalue weighted by Gasteiger charge is -2.39. The molecule has 38 heavy (non-hydrogen) atoms. The van der Waals surface area contributed by atoms with Crippen molar-refractivity contribution in [2.75, 3.05) is 24.6 Å². The summed E-state index contributed by atoms with van der Waals surface area (Å²) in [5.41, 5.74) is 3.84. The van der Waals surface area contributed by atoms with Gasteiger partial charge in [0, 0.05) is 46.7 Å². The van der Waals surface area contributed by atoms with Crippen LogP contribution in [0.2, 0.25) is 5.02 Å². The summed E-state index contributed by atoms with van der Waals surface area (Å²) in [7, 11) is 0. The fourth-order valence-electron chi connectivity index (χ4n) is 5.08. The largest absolute Gasteiger partial charge is 0.489 e. The van der Waals surface area contributed by atoms with E-state index in [9.17, 15) is 10.4 Å². The zero-order valence-electron chi connectivity index (χ0n) is 21.1. The molecule has 9 heteroatoms. The summed E-state index contributed by atoms with van der Waals surface area (Å²) < 4.78 is 7.47. The van der Waals surface area contributed by atoms with Crippen LogP contribution in [0.5, 0.6) is 5.75 Å². The van der Waals surface area contributed by atoms with E-state index in [1.54, 1.807) is 30.8 Å². The number of nitrogens with one attached hydrogen (secondary N) is 1. The lowest BCUT2D eigenvalue weighted by Crippen LogP contribution is -2.52. The van der Waals surface area contributed by atoms with Gasteiger partial charge in [0.15, 0.2) is 0 Å². The average Bonchev–Trinajstić information content (AvgIpc) is 3.51. The minimum atomic E-state index is -0.980. The van der Waals surface area contributed by atoms with E-state index >= 15 is 0 Å². The van der Waals surface area contributed by atoms with Crippen LogP contribution in [0.1, 0.15) is 31.4 Å². The number of halogens is 1. The Morgan fingerprint density at radius 3 is 2.74 bits per heavy atom. The van der Waals surface area contributed by atoms with E-state index in [1.807, 2.05) is 48.7 Å². The lowest BCUT2D eigenvalue weighted by molar-refractivity contribution is 0.0283. The Balaban J connectivity index is 1.25. The van der Waals surface area contributed by atoms with Crippen LogP contribution >= 0.6 is 11.6 Å². The van der Waals surface area contributed by atoms with Gasteiger partial charge < -0.3 is 20.1 Å². The van der Waals surface area contributed by atoms with Gasteiger partial charge in [0.1, 0.15) is 24.2 Å². The molecule has 0 bridgehead atoms. The molecule has 0 radical (unpaired) electrons. The van der Waals surface area contributed by atoms with E-state index in [0.29, 0.717) is 16.8 Å². The lowest BCUT2D eigenvalue weighted by atomic mass is 9.87. The highest BCUT2D eigenvalue weighted by molar-refractivity contribution is 6.32. The molecule has 6 rings (SSSR count). The summed E-state index contributed by atoms with van der Waals surface area (Å²) in [6, 6.07) is 16.0. The van der Waals surface area contributed by atoms with E-state index < -0.39 is 5.60 Å². The molecule has 2 N–H and O–H groups in total. The molecule has 2 aliphatic heterocycles. The van der Waals surface area contributed by atoms with E-state index in [2.05, 4.69) is 27.5 Å². The van der Waals surface area contributed by atoms with Gasteiger partial charge in [-0.2, -0.15) is 10.4 Å². The van der Waals surface area contributed by atoms with Gasteiger partial charge in [0.2, 0.25) is 0 Å². The van der Waals surface area contributed by atoms with Gasteiger partial charge in [-0.05, 0) is 50.6 Å². The molecule has 1 spiro atoms. The standard InChI is InChI=1S/C29H27ClN6O2/c1-28(2,37)18-38-21-11-23(27-20(13-31)15-33-36(27)16-21)19-7-8-26(32-14-19)35-10-9-29(17-35)12-25(34-29)22-5-3-4-6-24(22)30/h3-8,11-12,14-16,34,37H,9-10,17-18H2,1-2H3/t29-/m1/s1. The van der Waals surface area contributed by atoms with E-state index in [1.165, 1.54) is 0 Å². The number of hydrogen-bond acceptors (Lipinski definition) is 7. The number of aliphatic hydroxyl groups is 1. The second kappa shape index (κ2) is 9.05. The van der Waals surface area contributed by atoms with Crippen molar-refractivity contribution in [2.24, 2.45) is 0 Å². The number of fused-ring (bicyclic) bond motifs is 1. The summed E-state index contributed by atoms with van der Waals surface area (Å²) in [6.45, 7) is 5.20. The first-order valence-electron chi connectivity index (χ1n) is 12.5. The smallest absolute Gasteiger partial charge is 0.138 e. The fourth-order valence-corrected chi connectivity index (χ4v) is 5.32. The number of anilines is 1. The van der Waals surface area contributed by atoms with Crippen LogP contribution in [0.3, 0.4) is 0 Å². The monoisotopic (exact) mass is 526 g/mol. The van der Waals surface area contributed by atoms with Crippen LogP contribution in [0.25, 0.3) is 22.3 Å². The first kappa shape index (κ1) is 24.3. The predicted octanol–water partition coefficient (Wildman–Crippen LogP) is 4.66. The Morgan fingerprint density at radius 1 is 1.21 bits per heavy atom. The maximum absolute atomic E-state index is 10.1. The van der Waals surface area contributed by atoms with Crippen molar-refractivity contribution in [1.82, 2.24) is 19.9 Å². The number of hydrogen-bond donors (Lipinski definition) is 2. The van der Waals surface area contributed by atoms with Crippen molar-refractivity contribution in [3.63, 3.8) is 0 Å². The number of aromatic nitrogens is 3. The number of pyridine rings is 2. The number of nitriles is 1. The van der Waals surface area contributed by atoms with Crippen molar-refractivity contribution in [3.05, 3.63) is 83.3 Å². The molecule has 0 aliphatic carbocycles. The maximum atomic E-state index is 10.1. The fraction of sp³-hybridized carbons (Fsp3) is 0.276. The molecule has 0 saturated carbocycles. The summed E-state index contributed by atoms with van der Waals surface area (Å²) in [6.07, 6.45) is 8.34. The van der Waals surface area contributed by atoms with Crippen LogP contribution in [0.15, 0.2) is 67.1 Å². The van der Waals surface area contributed by atoms with Crippen LogP contribution < -0.4 is 15.0 Å². The first-order valence-corrected chi connectivity index (χ1v) is 12.9. The van der Waals surface area contributed by atoms with Gasteiger partial charge in [0.25, 0.3) is 0 Å². The summed E-state index contributed by atoms with van der Waals surface area (Å²) in [5, 5.41) is 28.4. The Hall–Kier alpha value is -4.06. The van der Waals surface area contributed by atoms with Crippen molar-refractivity contribution in [3.8, 4) is 22.9 Å². The molecule has 5 heterocycles. The van der Waals surface area contributed by atoms with Crippen LogP contribution in [-0.2, 0) is 0 Å². The summed E-state index contributed by atoms with van der Waals surface area (Å²) in [4.78, 5) is 7.05. The molecule has 0 unspecified atom stereocenters. The minimum absolute atomic E-state index is 0.0769. The predicted molar refractivity (Wildman–Crippen MR) is 147 cm³/mol. The highest BCUT2D eigenvalue weighted by Gasteiger charge is 2.43. The minimum Gasteiger partial charge on any atom is -0.489 e. The number of ether oxygens (including phenoxy) is 1. The van der Waals surface area contributed by atoms with Gasteiger partial charge in [0.05, 0.1) is 34.6 Å². The highest BCUT2D eigenvalue weighted by atomic mass is 35.5. The SMILES string of the molecule is CC(C)(O)COc1cc(-c2ccc(N3CC[C@@]4(C=C(c5ccccc5Cl)N4)C3)nc2)c2c(C#N)cnn2c1. The zero-order chi connectivity index (χ0) is 26.5. The van der Waals surface area contributed by atoms with Crippen molar-refractivity contribution >= 4 is 28.6 Å². The van der Waals surface area contributed by atoms with Gasteiger partial charge in [-0.1, -0.05) is 29.8 Å². The molecule has 192 valence electrons. The van der Waals surface area contributed by atoms with Crippen molar-refractivity contribution < 1.29 is 9.84 Å². The Morgan fingerprint density at radius 2 is 2.03 bits per heavy atom. The molecule has 3 aromatic heterocycles. The van der Waals surface area contributed by atoms with Gasteiger partial charge >= 0.3 is 0 Å². The number of rotatable bonds is 6. The molecule has 0 amide bonds. The van der Waals surface area contributed by atoms with Crippen LogP contribution in [-0.4, -0.2) is 50.5 Å². The third kappa shape index (κ3) is 4.44. The molecular weight excluding hydrogens is 500 g/mol. The normalized spacial score (nSPS) is 18.7. The summed E-state index contributed by atoms with van der Waals surface area (Å²) >= 11 is 6.37. The van der Waals surface area contributed by atoms with Gasteiger partial charge in [-0.15, -0.1) is 0 Å². The van der Waals surface area contributed by atoms with Gasteiger partial charge in [-0.3, -0.25) is 0 Å². The van der Waals surface area contributed by atoms with Crippen LogP contribution in [0.4, 0.5) is 5.82 Å². The van der Waals surface area contributed by atoms with E-state index in [0.717, 1.165) is 52.7 Å². The highest BCUT2D eigenvalue weighted by Crippen LogP contribution is 2.39. The van der Waals surface area contributed by atoms with Gasteiger partial charge in [-0.25, -0.2) is 9.50 Å². The zero-order valence-corrected chi connectivity index (χ0v) is 21.9. The Labute approximate surface area is 225 Å². The molecule has 4 aromatic rings. The number of benzene rings is 1. The Kier molecular flexibility index (Phi) is 5.78. The summed E-state index contributed by atoms with van der Waals surface area (Å²) in [5.74, 6) is 1.44. The molecular formula is C29H27ClN6O2. The Bertz CT molecular complexity index is 1600. The molecule has 2 aliphatic rings. The third-order valence-corrected chi connectivity index (χ3v) is 7.28. The third-order valence-electron chi connectivity index (χ3n) is 6.95. The molecule has 8 nitrogen and oxygen atoms in total. The molecule has 1 aromatic carbocycles. The quantitative estimate of drug-likeness (QED) is 0.377. The van der Waals surface area contributed by atoms with Crippen molar-refractivity contribution in [2.45, 2.75) is 31.4 Å². The van der Waals surface area contributed by atoms with Crippen molar-refractivity contribution in [1.29, 1.82) is 5.26 Å². The topological polar surface area (TPSA) is 98.7 Å². The average molecular weight is 527 g/mol. The van der Waals surface area contributed by atoms with E-state index in [4.69, 9.17) is 21.3 Å². The maximum Gasteiger partial charge on any atom is 0.138 e. The second-order valence-electron chi connectivity index (χ2n) is 10.5. The molecule has 1 saturated heterocycles. The number of nitrogens with zero attached hydrogens (tertiary/aromatic N) is 5. The van der Waals surface area contributed by atoms with Crippen LogP contribution in [0, 0.1) is 11.3 Å². The van der Waals surface area contributed by atoms with E-state index in [-0.39, 0.29) is 12.1 Å².